The number of likely N-dealkylation sites (N-methyl/N-ethyl adjacent to an activating group) is 1. The first-order valence-corrected chi connectivity index (χ1v) is 14.6. The lowest BCUT2D eigenvalue weighted by Gasteiger charge is -2.12. The molecule has 228 valence electrons. The minimum Gasteiger partial charge on any atom is -0.492 e. The molecule has 0 spiro atoms. The lowest BCUT2D eigenvalue weighted by Crippen LogP contribution is -2.19. The molecule has 0 aliphatic rings. The third-order valence-electron chi connectivity index (χ3n) is 7.49. The number of fused-ring (bicyclic) bond motifs is 2. The number of nitrogens with one attached hydrogen (secondary N) is 3. The van der Waals surface area contributed by atoms with Crippen LogP contribution in [0.4, 0.5) is 10.1 Å². The van der Waals surface area contributed by atoms with Crippen molar-refractivity contribution in [3.63, 3.8) is 0 Å². The molecular weight excluding hydrogens is 583 g/mol. The van der Waals surface area contributed by atoms with Crippen LogP contribution in [0.3, 0.4) is 0 Å². The van der Waals surface area contributed by atoms with Gasteiger partial charge in [-0.05, 0) is 68.7 Å². The molecule has 0 saturated heterocycles. The van der Waals surface area contributed by atoms with Crippen LogP contribution in [0.2, 0.25) is 0 Å². The summed E-state index contributed by atoms with van der Waals surface area (Å²) in [4.78, 5) is 32.0. The standard InChI is InChI=1S/C35H29FN8O2/c1-44(2)12-13-46-26-16-22(14-24(36)17-26)32-27-18-31(40-29(27)10-11-38-32)34-33-30(42-43-34)9-8-28(41-33)23-15-25(20-37-19-23)39-35(45)21-6-4-3-5-7-21/h3-11,14-20,40H,12-13H2,1-2H3,(H,39,45)(H,42,43). The quantitative estimate of drug-likeness (QED) is 0.169. The number of hydrogen-bond donors (Lipinski definition) is 3. The zero-order valence-corrected chi connectivity index (χ0v) is 25.1. The van der Waals surface area contributed by atoms with Gasteiger partial charge < -0.3 is 19.9 Å². The second kappa shape index (κ2) is 12.2. The summed E-state index contributed by atoms with van der Waals surface area (Å²) in [5.74, 6) is -0.182. The summed E-state index contributed by atoms with van der Waals surface area (Å²) in [6.45, 7) is 1.15. The number of benzene rings is 2. The van der Waals surface area contributed by atoms with Gasteiger partial charge in [0.05, 0.1) is 34.5 Å². The summed E-state index contributed by atoms with van der Waals surface area (Å²) in [5, 5.41) is 11.3. The number of amides is 1. The Morgan fingerprint density at radius 1 is 0.935 bits per heavy atom. The van der Waals surface area contributed by atoms with Crippen LogP contribution >= 0.6 is 0 Å². The lowest BCUT2D eigenvalue weighted by atomic mass is 10.1. The van der Waals surface area contributed by atoms with Gasteiger partial charge in [0.15, 0.2) is 0 Å². The van der Waals surface area contributed by atoms with E-state index in [0.717, 1.165) is 27.7 Å². The monoisotopic (exact) mass is 612 g/mol. The van der Waals surface area contributed by atoms with E-state index in [9.17, 15) is 9.18 Å². The highest BCUT2D eigenvalue weighted by atomic mass is 19.1. The van der Waals surface area contributed by atoms with Gasteiger partial charge in [0.25, 0.3) is 5.91 Å². The second-order valence-electron chi connectivity index (χ2n) is 11.1. The van der Waals surface area contributed by atoms with Crippen LogP contribution in [0.5, 0.6) is 5.75 Å². The highest BCUT2D eigenvalue weighted by Crippen LogP contribution is 2.34. The number of aromatic nitrogens is 6. The van der Waals surface area contributed by atoms with Crippen LogP contribution in [0, 0.1) is 5.82 Å². The molecule has 0 aliphatic heterocycles. The van der Waals surface area contributed by atoms with Crippen molar-refractivity contribution in [2.24, 2.45) is 0 Å². The van der Waals surface area contributed by atoms with E-state index < -0.39 is 5.82 Å². The maximum Gasteiger partial charge on any atom is 0.255 e. The van der Waals surface area contributed by atoms with Gasteiger partial charge >= 0.3 is 0 Å². The van der Waals surface area contributed by atoms with Crippen molar-refractivity contribution in [1.29, 1.82) is 0 Å². The number of ether oxygens (including phenoxy) is 1. The zero-order chi connectivity index (χ0) is 31.6. The Labute approximate surface area is 263 Å². The Hall–Kier alpha value is -5.94. The molecule has 3 N–H and O–H groups in total. The smallest absolute Gasteiger partial charge is 0.255 e. The predicted molar refractivity (Wildman–Crippen MR) is 176 cm³/mol. The third-order valence-corrected chi connectivity index (χ3v) is 7.49. The van der Waals surface area contributed by atoms with Gasteiger partial charge in [-0.1, -0.05) is 18.2 Å². The molecule has 5 heterocycles. The maximum atomic E-state index is 14.7. The topological polar surface area (TPSA) is 125 Å². The number of halogens is 1. The van der Waals surface area contributed by atoms with E-state index in [4.69, 9.17) is 9.72 Å². The molecule has 0 fully saturated rings. The second-order valence-corrected chi connectivity index (χ2v) is 11.1. The summed E-state index contributed by atoms with van der Waals surface area (Å²) in [6, 6.07) is 23.1. The molecule has 1 amide bonds. The van der Waals surface area contributed by atoms with E-state index in [2.05, 4.69) is 30.5 Å². The minimum atomic E-state index is -0.403. The fraction of sp³-hybridized carbons (Fsp3) is 0.114. The number of nitrogens with zero attached hydrogens (tertiary/aromatic N) is 5. The summed E-state index contributed by atoms with van der Waals surface area (Å²) in [7, 11) is 3.91. The Kier molecular flexibility index (Phi) is 7.65. The molecule has 0 atom stereocenters. The largest absolute Gasteiger partial charge is 0.492 e. The molecule has 2 aromatic carbocycles. The summed E-state index contributed by atoms with van der Waals surface area (Å²) >= 11 is 0. The van der Waals surface area contributed by atoms with E-state index in [-0.39, 0.29) is 5.91 Å². The average Bonchev–Trinajstić information content (AvgIpc) is 3.69. The molecule has 5 aromatic heterocycles. The minimum absolute atomic E-state index is 0.223. The Morgan fingerprint density at radius 2 is 1.80 bits per heavy atom. The molecule has 11 heteroatoms. The summed E-state index contributed by atoms with van der Waals surface area (Å²) < 4.78 is 20.5. The highest BCUT2D eigenvalue weighted by Gasteiger charge is 2.17. The van der Waals surface area contributed by atoms with Crippen LogP contribution in [0.1, 0.15) is 10.4 Å². The van der Waals surface area contributed by atoms with Crippen LogP contribution in [0.25, 0.3) is 55.8 Å². The Balaban J connectivity index is 1.21. The molecule has 7 aromatic rings. The van der Waals surface area contributed by atoms with E-state index in [1.165, 1.54) is 12.1 Å². The van der Waals surface area contributed by atoms with Gasteiger partial charge in [-0.25, -0.2) is 9.37 Å². The molecule has 0 saturated carbocycles. The van der Waals surface area contributed by atoms with Gasteiger partial charge in [0.1, 0.15) is 29.4 Å². The highest BCUT2D eigenvalue weighted by molar-refractivity contribution is 6.04. The number of anilines is 1. The number of aromatic amines is 2. The van der Waals surface area contributed by atoms with Crippen molar-refractivity contribution in [1.82, 2.24) is 35.0 Å². The number of carbonyl (C=O) groups is 1. The first kappa shape index (κ1) is 28.8. The first-order valence-electron chi connectivity index (χ1n) is 14.6. The molecule has 10 nitrogen and oxygen atoms in total. The molecule has 7 rings (SSSR count). The summed E-state index contributed by atoms with van der Waals surface area (Å²) in [6.07, 6.45) is 4.98. The van der Waals surface area contributed by atoms with Gasteiger partial charge in [0, 0.05) is 52.6 Å². The van der Waals surface area contributed by atoms with Crippen molar-refractivity contribution in [3.8, 4) is 39.7 Å². The van der Waals surface area contributed by atoms with Crippen molar-refractivity contribution < 1.29 is 13.9 Å². The van der Waals surface area contributed by atoms with Gasteiger partial charge in [-0.15, -0.1) is 0 Å². The number of rotatable bonds is 9. The lowest BCUT2D eigenvalue weighted by molar-refractivity contribution is 0.102. The third kappa shape index (κ3) is 5.91. The first-order chi connectivity index (χ1) is 22.4. The van der Waals surface area contributed by atoms with Crippen LogP contribution in [0.15, 0.2) is 97.5 Å². The number of hydrogen-bond acceptors (Lipinski definition) is 7. The Bertz CT molecular complexity index is 2190. The molecule has 0 unspecified atom stereocenters. The maximum absolute atomic E-state index is 14.7. The predicted octanol–water partition coefficient (Wildman–Crippen LogP) is 6.56. The van der Waals surface area contributed by atoms with E-state index >= 15 is 0 Å². The van der Waals surface area contributed by atoms with Crippen molar-refractivity contribution in [2.75, 3.05) is 32.6 Å². The SMILES string of the molecule is CN(C)CCOc1cc(F)cc(-c2nccc3[nH]c(-c4n[nH]c5ccc(-c6cncc(NC(=O)c7ccccc7)c6)nc45)cc23)c1. The number of pyridine rings is 3. The van der Waals surface area contributed by atoms with Gasteiger partial charge in [0.2, 0.25) is 0 Å². The van der Waals surface area contributed by atoms with Crippen molar-refractivity contribution in [2.45, 2.75) is 0 Å². The van der Waals surface area contributed by atoms with Crippen LogP contribution in [-0.2, 0) is 0 Å². The van der Waals surface area contributed by atoms with Crippen LogP contribution in [-0.4, -0.2) is 68.2 Å². The van der Waals surface area contributed by atoms with Gasteiger partial charge in [-0.2, -0.15) is 5.10 Å². The number of H-pyrrole nitrogens is 2. The number of carbonyl (C=O) groups excluding carboxylic acids is 1. The van der Waals surface area contributed by atoms with Crippen molar-refractivity contribution >= 4 is 33.5 Å². The van der Waals surface area contributed by atoms with Crippen LogP contribution < -0.4 is 10.1 Å². The molecule has 0 bridgehead atoms. The van der Waals surface area contributed by atoms with E-state index in [1.807, 2.05) is 67.5 Å². The molecule has 0 aliphatic carbocycles. The molecule has 46 heavy (non-hydrogen) atoms. The fourth-order valence-electron chi connectivity index (χ4n) is 5.23. The Morgan fingerprint density at radius 3 is 2.65 bits per heavy atom. The molecular formula is C35H29FN8O2. The van der Waals surface area contributed by atoms with E-state index in [1.54, 1.807) is 36.8 Å². The molecule has 0 radical (unpaired) electrons. The summed E-state index contributed by atoms with van der Waals surface area (Å²) in [5.41, 5.74) is 7.29. The van der Waals surface area contributed by atoms with Crippen molar-refractivity contribution in [3.05, 3.63) is 109 Å². The van der Waals surface area contributed by atoms with Gasteiger partial charge in [-0.3, -0.25) is 19.9 Å². The average molecular weight is 613 g/mol. The fourth-order valence-corrected chi connectivity index (χ4v) is 5.23. The zero-order valence-electron chi connectivity index (χ0n) is 25.1. The van der Waals surface area contributed by atoms with E-state index in [0.29, 0.717) is 58.3 Å². The normalized spacial score (nSPS) is 11.4.